The third-order valence-electron chi connectivity index (χ3n) is 5.15. The van der Waals surface area contributed by atoms with Crippen molar-refractivity contribution in [1.29, 1.82) is 0 Å². The van der Waals surface area contributed by atoms with Crippen LogP contribution < -0.4 is 4.90 Å². The van der Waals surface area contributed by atoms with E-state index in [4.69, 9.17) is 0 Å². The lowest BCUT2D eigenvalue weighted by Crippen LogP contribution is -2.22. The Morgan fingerprint density at radius 1 is 0.852 bits per heavy atom. The smallest absolute Gasteiger partial charge is 0.0922 e. The number of fused-ring (bicyclic) bond motifs is 3. The van der Waals surface area contributed by atoms with Gasteiger partial charge in [0.15, 0.2) is 0 Å². The van der Waals surface area contributed by atoms with Crippen LogP contribution in [0.15, 0.2) is 79.5 Å². The molecule has 2 aromatic carbocycles. The first-order chi connectivity index (χ1) is 13.4. The number of aromatic nitrogens is 3. The van der Waals surface area contributed by atoms with Gasteiger partial charge in [0.05, 0.1) is 18.6 Å². The molecule has 0 unspecified atom stereocenters. The maximum absolute atomic E-state index is 4.27. The quantitative estimate of drug-likeness (QED) is 0.503. The molecule has 4 nitrogen and oxygen atoms in total. The van der Waals surface area contributed by atoms with E-state index in [1.807, 2.05) is 24.7 Å². The molecule has 0 atom stereocenters. The van der Waals surface area contributed by atoms with Gasteiger partial charge in [-0.3, -0.25) is 4.98 Å². The van der Waals surface area contributed by atoms with Gasteiger partial charge >= 0.3 is 0 Å². The van der Waals surface area contributed by atoms with Gasteiger partial charge in [0.2, 0.25) is 0 Å². The fourth-order valence-corrected chi connectivity index (χ4v) is 3.86. The van der Waals surface area contributed by atoms with E-state index in [2.05, 4.69) is 68.4 Å². The standard InChI is InChI=1S/C23H20N4/c1-2-6-22-18(5-1)10-19-11-21(7-8-23(19)22)27(15-20-13-25-16-26-20)14-17-4-3-9-24-12-17/h1-9,11-13,16H,10,14-15H2,(H,25,26). The summed E-state index contributed by atoms with van der Waals surface area (Å²) in [5.74, 6) is 0. The first kappa shape index (κ1) is 15.8. The van der Waals surface area contributed by atoms with Gasteiger partial charge in [-0.25, -0.2) is 4.98 Å². The van der Waals surface area contributed by atoms with E-state index in [0.29, 0.717) is 0 Å². The van der Waals surface area contributed by atoms with Crippen molar-refractivity contribution in [2.75, 3.05) is 4.90 Å². The third kappa shape index (κ3) is 3.10. The second-order valence-electron chi connectivity index (χ2n) is 6.97. The number of H-pyrrole nitrogens is 1. The van der Waals surface area contributed by atoms with Crippen molar-refractivity contribution in [3.8, 4) is 11.1 Å². The molecule has 1 aliphatic rings. The van der Waals surface area contributed by atoms with Crippen LogP contribution in [0.4, 0.5) is 5.69 Å². The molecule has 4 aromatic rings. The lowest BCUT2D eigenvalue weighted by molar-refractivity contribution is 0.782. The average Bonchev–Trinajstić information content (AvgIpc) is 3.35. The van der Waals surface area contributed by atoms with Crippen molar-refractivity contribution >= 4 is 5.69 Å². The summed E-state index contributed by atoms with van der Waals surface area (Å²) in [6.07, 6.45) is 8.37. The van der Waals surface area contributed by atoms with E-state index < -0.39 is 0 Å². The first-order valence-electron chi connectivity index (χ1n) is 9.19. The van der Waals surface area contributed by atoms with Gasteiger partial charge in [0.25, 0.3) is 0 Å². The van der Waals surface area contributed by atoms with Gasteiger partial charge in [-0.2, -0.15) is 0 Å². The van der Waals surface area contributed by atoms with E-state index in [1.54, 1.807) is 6.33 Å². The summed E-state index contributed by atoms with van der Waals surface area (Å²) >= 11 is 0. The van der Waals surface area contributed by atoms with E-state index in [0.717, 1.165) is 25.2 Å². The number of pyridine rings is 1. The highest BCUT2D eigenvalue weighted by Gasteiger charge is 2.19. The zero-order chi connectivity index (χ0) is 18.1. The van der Waals surface area contributed by atoms with Crippen molar-refractivity contribution in [2.24, 2.45) is 0 Å². The number of benzene rings is 2. The van der Waals surface area contributed by atoms with Crippen LogP contribution >= 0.6 is 0 Å². The number of nitrogens with one attached hydrogen (secondary N) is 1. The molecule has 0 saturated carbocycles. The molecule has 0 saturated heterocycles. The molecule has 1 aliphatic carbocycles. The van der Waals surface area contributed by atoms with Gasteiger partial charge in [-0.15, -0.1) is 0 Å². The van der Waals surface area contributed by atoms with Gasteiger partial charge in [0, 0.05) is 30.8 Å². The Morgan fingerprint density at radius 3 is 2.63 bits per heavy atom. The summed E-state index contributed by atoms with van der Waals surface area (Å²) in [5, 5.41) is 0. The lowest BCUT2D eigenvalue weighted by atomic mass is 10.0. The minimum atomic E-state index is 0.778. The van der Waals surface area contributed by atoms with Crippen LogP contribution in [0, 0.1) is 0 Å². The highest BCUT2D eigenvalue weighted by atomic mass is 15.1. The molecule has 0 fully saturated rings. The highest BCUT2D eigenvalue weighted by Crippen LogP contribution is 2.38. The van der Waals surface area contributed by atoms with E-state index >= 15 is 0 Å². The summed E-state index contributed by atoms with van der Waals surface area (Å²) in [6.45, 7) is 1.58. The molecule has 2 aromatic heterocycles. The topological polar surface area (TPSA) is 44.8 Å². The largest absolute Gasteiger partial charge is 0.361 e. The molecule has 132 valence electrons. The van der Waals surface area contributed by atoms with Crippen LogP contribution in [0.5, 0.6) is 0 Å². The first-order valence-corrected chi connectivity index (χ1v) is 9.19. The van der Waals surface area contributed by atoms with E-state index in [9.17, 15) is 0 Å². The maximum atomic E-state index is 4.27. The summed E-state index contributed by atoms with van der Waals surface area (Å²) in [7, 11) is 0. The molecular formula is C23H20N4. The van der Waals surface area contributed by atoms with Crippen LogP contribution in [0.25, 0.3) is 11.1 Å². The zero-order valence-corrected chi connectivity index (χ0v) is 15.0. The molecule has 0 amide bonds. The van der Waals surface area contributed by atoms with Crippen molar-refractivity contribution in [3.05, 3.63) is 102 Å². The molecular weight excluding hydrogens is 332 g/mol. The molecule has 0 spiro atoms. The Labute approximate surface area is 158 Å². The summed E-state index contributed by atoms with van der Waals surface area (Å²) in [4.78, 5) is 14.0. The van der Waals surface area contributed by atoms with Gasteiger partial charge in [0.1, 0.15) is 0 Å². The number of anilines is 1. The number of hydrogen-bond donors (Lipinski definition) is 1. The molecule has 0 aliphatic heterocycles. The van der Waals surface area contributed by atoms with Crippen molar-refractivity contribution in [3.63, 3.8) is 0 Å². The number of rotatable bonds is 5. The van der Waals surface area contributed by atoms with Crippen LogP contribution in [-0.4, -0.2) is 15.0 Å². The van der Waals surface area contributed by atoms with Crippen LogP contribution in [0.3, 0.4) is 0 Å². The Bertz CT molecular complexity index is 1050. The monoisotopic (exact) mass is 352 g/mol. The van der Waals surface area contributed by atoms with Crippen molar-refractivity contribution < 1.29 is 0 Å². The minimum absolute atomic E-state index is 0.778. The minimum Gasteiger partial charge on any atom is -0.361 e. The summed E-state index contributed by atoms with van der Waals surface area (Å²) < 4.78 is 0. The SMILES string of the molecule is c1cncc(CN(Cc2cnc[nH]2)c2ccc3c(c2)Cc2ccccc2-3)c1. The second kappa shape index (κ2) is 6.72. The Morgan fingerprint density at radius 2 is 1.78 bits per heavy atom. The maximum Gasteiger partial charge on any atom is 0.0922 e. The molecule has 4 heteroatoms. The number of imidazole rings is 1. The fourth-order valence-electron chi connectivity index (χ4n) is 3.86. The van der Waals surface area contributed by atoms with Crippen molar-refractivity contribution in [2.45, 2.75) is 19.5 Å². The molecule has 27 heavy (non-hydrogen) atoms. The number of aromatic amines is 1. The summed E-state index contributed by atoms with van der Waals surface area (Å²) in [6, 6.07) is 19.6. The predicted octanol–water partition coefficient (Wildman–Crippen LogP) is 4.58. The molecule has 5 rings (SSSR count). The fraction of sp³-hybridized carbons (Fsp3) is 0.130. The predicted molar refractivity (Wildman–Crippen MR) is 107 cm³/mol. The second-order valence-corrected chi connectivity index (χ2v) is 6.97. The van der Waals surface area contributed by atoms with Crippen LogP contribution in [0.1, 0.15) is 22.4 Å². The zero-order valence-electron chi connectivity index (χ0n) is 15.0. The molecule has 0 radical (unpaired) electrons. The van der Waals surface area contributed by atoms with Crippen LogP contribution in [-0.2, 0) is 19.5 Å². The normalized spacial score (nSPS) is 11.9. The number of hydrogen-bond acceptors (Lipinski definition) is 3. The van der Waals surface area contributed by atoms with Crippen molar-refractivity contribution in [1.82, 2.24) is 15.0 Å². The summed E-state index contributed by atoms with van der Waals surface area (Å²) in [5.41, 5.74) is 9.05. The average molecular weight is 352 g/mol. The van der Waals surface area contributed by atoms with Gasteiger partial charge in [-0.1, -0.05) is 36.4 Å². The third-order valence-corrected chi connectivity index (χ3v) is 5.15. The van der Waals surface area contributed by atoms with Gasteiger partial charge < -0.3 is 9.88 Å². The van der Waals surface area contributed by atoms with E-state index in [-0.39, 0.29) is 0 Å². The van der Waals surface area contributed by atoms with E-state index in [1.165, 1.54) is 33.5 Å². The number of nitrogens with zero attached hydrogens (tertiary/aromatic N) is 3. The molecule has 2 heterocycles. The molecule has 0 bridgehead atoms. The molecule has 1 N–H and O–H groups in total. The Hall–Kier alpha value is -3.40. The Kier molecular flexibility index (Phi) is 3.94. The Balaban J connectivity index is 1.49. The van der Waals surface area contributed by atoms with Gasteiger partial charge in [-0.05, 0) is 52.4 Å². The van der Waals surface area contributed by atoms with Crippen LogP contribution in [0.2, 0.25) is 0 Å². The highest BCUT2D eigenvalue weighted by molar-refractivity contribution is 5.78. The lowest BCUT2D eigenvalue weighted by Gasteiger charge is -2.25.